The van der Waals surface area contributed by atoms with Crippen molar-refractivity contribution in [1.82, 2.24) is 9.80 Å². The van der Waals surface area contributed by atoms with Gasteiger partial charge in [0.2, 0.25) is 0 Å². The van der Waals surface area contributed by atoms with Crippen molar-refractivity contribution >= 4 is 6.09 Å². The van der Waals surface area contributed by atoms with Gasteiger partial charge in [-0.2, -0.15) is 0 Å². The molecule has 1 amide bonds. The van der Waals surface area contributed by atoms with Crippen molar-refractivity contribution in [2.24, 2.45) is 0 Å². The van der Waals surface area contributed by atoms with Crippen molar-refractivity contribution < 1.29 is 9.53 Å². The van der Waals surface area contributed by atoms with E-state index >= 15 is 0 Å². The number of rotatable bonds is 3. The minimum absolute atomic E-state index is 0.156. The van der Waals surface area contributed by atoms with Crippen molar-refractivity contribution in [3.63, 3.8) is 0 Å². The van der Waals surface area contributed by atoms with Gasteiger partial charge < -0.3 is 14.5 Å². The van der Waals surface area contributed by atoms with Gasteiger partial charge in [-0.15, -0.1) is 0 Å². The monoisotopic (exact) mass is 200 g/mol. The minimum Gasteiger partial charge on any atom is -0.450 e. The Labute approximate surface area is 85.8 Å². The van der Waals surface area contributed by atoms with E-state index in [1.807, 2.05) is 25.9 Å². The summed E-state index contributed by atoms with van der Waals surface area (Å²) in [6, 6.07) is 0.337. The zero-order chi connectivity index (χ0) is 10.6. The molecule has 1 heterocycles. The molecule has 0 aromatic carbocycles. The third-order valence-electron chi connectivity index (χ3n) is 2.46. The maximum atomic E-state index is 11.5. The summed E-state index contributed by atoms with van der Waals surface area (Å²) in [6.07, 6.45) is 2.03. The second-order valence-corrected chi connectivity index (χ2v) is 3.95. The summed E-state index contributed by atoms with van der Waals surface area (Å²) in [5.74, 6) is 0. The Hall–Kier alpha value is -0.770. The zero-order valence-corrected chi connectivity index (χ0v) is 9.32. The lowest BCUT2D eigenvalue weighted by molar-refractivity contribution is 0.0977. The predicted molar refractivity (Wildman–Crippen MR) is 55.3 cm³/mol. The lowest BCUT2D eigenvalue weighted by Crippen LogP contribution is -2.41. The summed E-state index contributed by atoms with van der Waals surface area (Å²) >= 11 is 0. The van der Waals surface area contributed by atoms with Gasteiger partial charge in [0.15, 0.2) is 0 Å². The maximum absolute atomic E-state index is 11.5. The van der Waals surface area contributed by atoms with Crippen molar-refractivity contribution in [3.05, 3.63) is 0 Å². The number of carbonyl (C=O) groups is 1. The molecule has 82 valence electrons. The number of nitrogens with zero attached hydrogens (tertiary/aromatic N) is 2. The molecule has 0 aliphatic carbocycles. The van der Waals surface area contributed by atoms with E-state index in [1.54, 1.807) is 0 Å². The van der Waals surface area contributed by atoms with Crippen LogP contribution in [-0.2, 0) is 4.74 Å². The second kappa shape index (κ2) is 5.20. The SMILES string of the molecule is CCOC(=O)N1CCCC1CN(C)C. The zero-order valence-electron chi connectivity index (χ0n) is 9.32. The average Bonchev–Trinajstić information content (AvgIpc) is 2.51. The topological polar surface area (TPSA) is 32.8 Å². The number of ether oxygens (including phenoxy) is 1. The maximum Gasteiger partial charge on any atom is 0.410 e. The Balaban J connectivity index is 2.46. The Kier molecular flexibility index (Phi) is 4.20. The minimum atomic E-state index is -0.156. The molecule has 4 nitrogen and oxygen atoms in total. The first-order valence-corrected chi connectivity index (χ1v) is 5.23. The Morgan fingerprint density at radius 3 is 2.86 bits per heavy atom. The van der Waals surface area contributed by atoms with Crippen molar-refractivity contribution in [2.75, 3.05) is 33.8 Å². The molecule has 0 N–H and O–H groups in total. The van der Waals surface area contributed by atoms with Crippen LogP contribution >= 0.6 is 0 Å². The molecule has 0 aromatic rings. The smallest absolute Gasteiger partial charge is 0.410 e. The van der Waals surface area contributed by atoms with Crippen LogP contribution in [0.4, 0.5) is 4.79 Å². The summed E-state index contributed by atoms with van der Waals surface area (Å²) in [5, 5.41) is 0. The van der Waals surface area contributed by atoms with Gasteiger partial charge in [-0.1, -0.05) is 0 Å². The molecule has 1 rings (SSSR count). The van der Waals surface area contributed by atoms with E-state index in [2.05, 4.69) is 4.90 Å². The molecule has 0 bridgehead atoms. The summed E-state index contributed by atoms with van der Waals surface area (Å²) < 4.78 is 5.01. The fourth-order valence-corrected chi connectivity index (χ4v) is 1.89. The molecule has 1 unspecified atom stereocenters. The van der Waals surface area contributed by atoms with Crippen LogP contribution in [0.3, 0.4) is 0 Å². The fourth-order valence-electron chi connectivity index (χ4n) is 1.89. The quantitative estimate of drug-likeness (QED) is 0.685. The van der Waals surface area contributed by atoms with E-state index in [0.717, 1.165) is 25.9 Å². The number of hydrogen-bond donors (Lipinski definition) is 0. The average molecular weight is 200 g/mol. The van der Waals surface area contributed by atoms with Gasteiger partial charge in [0.25, 0.3) is 0 Å². The molecule has 1 saturated heterocycles. The molecule has 0 spiro atoms. The van der Waals surface area contributed by atoms with Crippen molar-refractivity contribution in [1.29, 1.82) is 0 Å². The van der Waals surface area contributed by atoms with Crippen molar-refractivity contribution in [3.8, 4) is 0 Å². The molecular weight excluding hydrogens is 180 g/mol. The first-order valence-electron chi connectivity index (χ1n) is 5.23. The number of likely N-dealkylation sites (tertiary alicyclic amines) is 1. The Morgan fingerprint density at radius 2 is 2.29 bits per heavy atom. The molecule has 1 atom stereocenters. The van der Waals surface area contributed by atoms with E-state index in [0.29, 0.717) is 12.6 Å². The fraction of sp³-hybridized carbons (Fsp3) is 0.900. The lowest BCUT2D eigenvalue weighted by Gasteiger charge is -2.26. The Bertz CT molecular complexity index is 195. The van der Waals surface area contributed by atoms with Crippen LogP contribution in [-0.4, -0.2) is 55.7 Å². The van der Waals surface area contributed by atoms with Crippen molar-refractivity contribution in [2.45, 2.75) is 25.8 Å². The number of hydrogen-bond acceptors (Lipinski definition) is 3. The van der Waals surface area contributed by atoms with Crippen LogP contribution in [0.25, 0.3) is 0 Å². The highest BCUT2D eigenvalue weighted by Gasteiger charge is 2.29. The van der Waals surface area contributed by atoms with Gasteiger partial charge in [-0.25, -0.2) is 4.79 Å². The van der Waals surface area contributed by atoms with Crippen LogP contribution < -0.4 is 0 Å². The van der Waals surface area contributed by atoms with Crippen LogP contribution in [0, 0.1) is 0 Å². The number of amides is 1. The summed E-state index contributed by atoms with van der Waals surface area (Å²) in [5.41, 5.74) is 0. The first kappa shape index (κ1) is 11.3. The normalized spacial score (nSPS) is 21.7. The van der Waals surface area contributed by atoms with Crippen LogP contribution in [0.5, 0.6) is 0 Å². The third kappa shape index (κ3) is 2.87. The summed E-state index contributed by atoms with van der Waals surface area (Å²) in [7, 11) is 4.06. The van der Waals surface area contributed by atoms with E-state index < -0.39 is 0 Å². The van der Waals surface area contributed by atoms with E-state index in [9.17, 15) is 4.79 Å². The van der Waals surface area contributed by atoms with Gasteiger partial charge in [-0.3, -0.25) is 0 Å². The molecule has 4 heteroatoms. The highest BCUT2D eigenvalue weighted by atomic mass is 16.6. The van der Waals surface area contributed by atoms with Gasteiger partial charge in [-0.05, 0) is 33.9 Å². The Morgan fingerprint density at radius 1 is 1.57 bits per heavy atom. The van der Waals surface area contributed by atoms with Crippen LogP contribution in [0.2, 0.25) is 0 Å². The molecule has 1 fully saturated rings. The highest BCUT2D eigenvalue weighted by molar-refractivity contribution is 5.68. The molecule has 0 radical (unpaired) electrons. The molecule has 1 aliphatic heterocycles. The summed E-state index contributed by atoms with van der Waals surface area (Å²) in [6.45, 7) is 4.08. The molecule has 0 aromatic heterocycles. The van der Waals surface area contributed by atoms with E-state index in [-0.39, 0.29) is 6.09 Å². The predicted octanol–water partition coefficient (Wildman–Crippen LogP) is 1.17. The van der Waals surface area contributed by atoms with Crippen LogP contribution in [0.15, 0.2) is 0 Å². The van der Waals surface area contributed by atoms with Gasteiger partial charge in [0, 0.05) is 19.1 Å². The lowest BCUT2D eigenvalue weighted by atomic mass is 10.2. The highest BCUT2D eigenvalue weighted by Crippen LogP contribution is 2.18. The largest absolute Gasteiger partial charge is 0.450 e. The summed E-state index contributed by atoms with van der Waals surface area (Å²) in [4.78, 5) is 15.5. The van der Waals surface area contributed by atoms with Crippen LogP contribution in [0.1, 0.15) is 19.8 Å². The standard InChI is InChI=1S/C10H20N2O2/c1-4-14-10(13)12-7-5-6-9(12)8-11(2)3/h9H,4-8H2,1-3H3. The molecule has 1 aliphatic rings. The third-order valence-corrected chi connectivity index (χ3v) is 2.46. The van der Waals surface area contributed by atoms with Gasteiger partial charge in [0.05, 0.1) is 6.61 Å². The van der Waals surface area contributed by atoms with E-state index in [4.69, 9.17) is 4.74 Å². The number of carbonyl (C=O) groups excluding carboxylic acids is 1. The van der Waals surface area contributed by atoms with E-state index in [1.165, 1.54) is 0 Å². The molecular formula is C10H20N2O2. The van der Waals surface area contributed by atoms with Gasteiger partial charge in [0.1, 0.15) is 0 Å². The second-order valence-electron chi connectivity index (χ2n) is 3.95. The van der Waals surface area contributed by atoms with Gasteiger partial charge >= 0.3 is 6.09 Å². The first-order chi connectivity index (χ1) is 6.65. The molecule has 14 heavy (non-hydrogen) atoms. The number of likely N-dealkylation sites (N-methyl/N-ethyl adjacent to an activating group) is 1. The molecule has 0 saturated carbocycles.